The third-order valence-corrected chi connectivity index (χ3v) is 3.61. The minimum absolute atomic E-state index is 0.136. The topological polar surface area (TPSA) is 64.1 Å². The van der Waals surface area contributed by atoms with Crippen molar-refractivity contribution in [3.63, 3.8) is 0 Å². The van der Waals surface area contributed by atoms with Crippen molar-refractivity contribution < 1.29 is 4.74 Å². The van der Waals surface area contributed by atoms with Gasteiger partial charge in [-0.05, 0) is 25.8 Å². The lowest BCUT2D eigenvalue weighted by Gasteiger charge is -2.15. The summed E-state index contributed by atoms with van der Waals surface area (Å²) in [5, 5.41) is 0. The minimum atomic E-state index is -0.432. The normalized spacial score (nSPS) is 11.2. The molecule has 1 N–H and O–H groups in total. The Morgan fingerprint density at radius 2 is 1.96 bits per heavy atom. The van der Waals surface area contributed by atoms with Crippen molar-refractivity contribution in [2.24, 2.45) is 0 Å². The Morgan fingerprint density at radius 1 is 1.22 bits per heavy atom. The van der Waals surface area contributed by atoms with Gasteiger partial charge in [-0.2, -0.15) is 0 Å². The molecule has 1 aromatic heterocycles. The number of H-pyrrole nitrogens is 1. The average Bonchev–Trinajstić information content (AvgIpc) is 2.55. The third-order valence-electron chi connectivity index (χ3n) is 3.61. The Hall–Kier alpha value is -2.40. The molecule has 5 heteroatoms. The zero-order chi connectivity index (χ0) is 16.7. The Bertz CT molecular complexity index is 773. The van der Waals surface area contributed by atoms with Crippen molar-refractivity contribution in [3.8, 4) is 0 Å². The molecule has 0 bridgehead atoms. The maximum atomic E-state index is 12.2. The highest BCUT2D eigenvalue weighted by Crippen LogP contribution is 2.12. The molecule has 0 amide bonds. The first kappa shape index (κ1) is 17.0. The van der Waals surface area contributed by atoms with E-state index in [2.05, 4.69) is 4.98 Å². The summed E-state index contributed by atoms with van der Waals surface area (Å²) >= 11 is 0. The monoisotopic (exact) mass is 314 g/mol. The number of hydrogen-bond acceptors (Lipinski definition) is 3. The van der Waals surface area contributed by atoms with Crippen molar-refractivity contribution in [1.29, 1.82) is 0 Å². The minimum Gasteiger partial charge on any atom is -0.361 e. The number of nitrogens with one attached hydrogen (secondary N) is 1. The summed E-state index contributed by atoms with van der Waals surface area (Å²) in [6.07, 6.45) is 4.80. The van der Waals surface area contributed by atoms with Gasteiger partial charge in [-0.1, -0.05) is 42.5 Å². The lowest BCUT2D eigenvalue weighted by atomic mass is 10.0. The van der Waals surface area contributed by atoms with Gasteiger partial charge in [-0.25, -0.2) is 4.79 Å². The first-order valence-electron chi connectivity index (χ1n) is 7.75. The zero-order valence-electron chi connectivity index (χ0n) is 13.5. The van der Waals surface area contributed by atoms with Crippen LogP contribution in [0.5, 0.6) is 0 Å². The lowest BCUT2D eigenvalue weighted by Crippen LogP contribution is -2.36. The van der Waals surface area contributed by atoms with Crippen LogP contribution in [0.15, 0.2) is 52.1 Å². The van der Waals surface area contributed by atoms with E-state index in [4.69, 9.17) is 4.74 Å². The Kier molecular flexibility index (Phi) is 6.11. The highest BCUT2D eigenvalue weighted by molar-refractivity contribution is 5.28. The molecule has 0 spiro atoms. The molecular weight excluding hydrogens is 292 g/mol. The van der Waals surface area contributed by atoms with Crippen LogP contribution in [-0.4, -0.2) is 16.2 Å². The fraction of sp³-hybridized carbons (Fsp3) is 0.333. The first-order valence-corrected chi connectivity index (χ1v) is 7.75. The highest BCUT2D eigenvalue weighted by Gasteiger charge is 2.14. The summed E-state index contributed by atoms with van der Waals surface area (Å²) in [4.78, 5) is 26.8. The molecular formula is C18H22N2O3. The van der Waals surface area contributed by atoms with Crippen LogP contribution in [0.3, 0.4) is 0 Å². The molecule has 0 aliphatic heterocycles. The Balaban J connectivity index is 2.56. The number of benzene rings is 1. The van der Waals surface area contributed by atoms with Crippen LogP contribution < -0.4 is 11.2 Å². The van der Waals surface area contributed by atoms with Crippen LogP contribution in [0, 0.1) is 0 Å². The van der Waals surface area contributed by atoms with E-state index in [0.29, 0.717) is 30.7 Å². The van der Waals surface area contributed by atoms with Crippen LogP contribution >= 0.6 is 0 Å². The molecule has 0 radical (unpaired) electrons. The number of aromatic nitrogens is 2. The number of allylic oxidation sites excluding steroid dienone is 2. The molecule has 2 aromatic rings. The maximum Gasteiger partial charge on any atom is 0.330 e. The zero-order valence-corrected chi connectivity index (χ0v) is 13.5. The van der Waals surface area contributed by atoms with Crippen LogP contribution in [0.25, 0.3) is 0 Å². The lowest BCUT2D eigenvalue weighted by molar-refractivity contribution is 0.0822. The van der Waals surface area contributed by atoms with Crippen LogP contribution in [0.2, 0.25) is 0 Å². The number of ether oxygens (including phenoxy) is 1. The summed E-state index contributed by atoms with van der Waals surface area (Å²) in [5.74, 6) is 0. The van der Waals surface area contributed by atoms with E-state index in [9.17, 15) is 9.59 Å². The summed E-state index contributed by atoms with van der Waals surface area (Å²) in [7, 11) is 0. The second kappa shape index (κ2) is 8.29. The van der Waals surface area contributed by atoms with Gasteiger partial charge in [0.15, 0.2) is 0 Å². The van der Waals surface area contributed by atoms with E-state index < -0.39 is 5.69 Å². The number of aromatic amines is 1. The second-order valence-corrected chi connectivity index (χ2v) is 5.17. The first-order chi connectivity index (χ1) is 11.2. The van der Waals surface area contributed by atoms with Gasteiger partial charge in [0.1, 0.15) is 6.73 Å². The molecule has 0 saturated heterocycles. The van der Waals surface area contributed by atoms with Gasteiger partial charge in [-0.3, -0.25) is 14.3 Å². The van der Waals surface area contributed by atoms with Gasteiger partial charge in [0.25, 0.3) is 5.56 Å². The van der Waals surface area contributed by atoms with Crippen LogP contribution in [0.1, 0.15) is 30.7 Å². The largest absolute Gasteiger partial charge is 0.361 e. The van der Waals surface area contributed by atoms with E-state index in [1.165, 1.54) is 4.57 Å². The van der Waals surface area contributed by atoms with Gasteiger partial charge in [0, 0.05) is 24.3 Å². The van der Waals surface area contributed by atoms with E-state index in [1.807, 2.05) is 56.3 Å². The van der Waals surface area contributed by atoms with E-state index >= 15 is 0 Å². The third kappa shape index (κ3) is 4.29. The van der Waals surface area contributed by atoms with Gasteiger partial charge >= 0.3 is 5.69 Å². The molecule has 0 saturated carbocycles. The van der Waals surface area contributed by atoms with Gasteiger partial charge in [0.2, 0.25) is 0 Å². The fourth-order valence-corrected chi connectivity index (χ4v) is 2.41. The molecule has 5 nitrogen and oxygen atoms in total. The van der Waals surface area contributed by atoms with Crippen molar-refractivity contribution in [3.05, 3.63) is 80.1 Å². The highest BCUT2D eigenvalue weighted by atomic mass is 16.5. The summed E-state index contributed by atoms with van der Waals surface area (Å²) in [5.41, 5.74) is 1.60. The SMILES string of the molecule is CC=CCc1c(Cc2ccccc2)n(COCC)c(=O)[nH]c1=O. The Labute approximate surface area is 135 Å². The van der Waals surface area contributed by atoms with Crippen molar-refractivity contribution in [1.82, 2.24) is 9.55 Å². The molecule has 2 rings (SSSR count). The van der Waals surface area contributed by atoms with Crippen molar-refractivity contribution in [2.75, 3.05) is 6.61 Å². The standard InChI is InChI=1S/C18H22N2O3/c1-3-5-11-15-16(12-14-9-7-6-8-10-14)20(13-23-4-2)18(22)19-17(15)21/h3,5-10H,4,11-13H2,1-2H3,(H,19,21,22). The predicted octanol–water partition coefficient (Wildman–Crippen LogP) is 2.24. The van der Waals surface area contributed by atoms with E-state index in [1.54, 1.807) is 0 Å². The smallest absolute Gasteiger partial charge is 0.330 e. The maximum absolute atomic E-state index is 12.2. The molecule has 0 aliphatic rings. The fourth-order valence-electron chi connectivity index (χ4n) is 2.41. The van der Waals surface area contributed by atoms with Gasteiger partial charge in [0.05, 0.1) is 0 Å². The van der Waals surface area contributed by atoms with E-state index in [-0.39, 0.29) is 12.3 Å². The second-order valence-electron chi connectivity index (χ2n) is 5.17. The van der Waals surface area contributed by atoms with Crippen LogP contribution in [-0.2, 0) is 24.3 Å². The van der Waals surface area contributed by atoms with Crippen LogP contribution in [0.4, 0.5) is 0 Å². The summed E-state index contributed by atoms with van der Waals surface area (Å²) in [6.45, 7) is 4.41. The molecule has 1 aromatic carbocycles. The van der Waals surface area contributed by atoms with Gasteiger partial charge < -0.3 is 4.74 Å². The van der Waals surface area contributed by atoms with Crippen molar-refractivity contribution >= 4 is 0 Å². The summed E-state index contributed by atoms with van der Waals surface area (Å²) in [6, 6.07) is 9.79. The molecule has 0 fully saturated rings. The predicted molar refractivity (Wildman–Crippen MR) is 90.7 cm³/mol. The average molecular weight is 314 g/mol. The van der Waals surface area contributed by atoms with Gasteiger partial charge in [-0.15, -0.1) is 0 Å². The van der Waals surface area contributed by atoms with Crippen molar-refractivity contribution in [2.45, 2.75) is 33.4 Å². The number of nitrogens with zero attached hydrogens (tertiary/aromatic N) is 1. The Morgan fingerprint density at radius 3 is 2.61 bits per heavy atom. The van der Waals surface area contributed by atoms with E-state index in [0.717, 1.165) is 5.56 Å². The molecule has 122 valence electrons. The molecule has 1 heterocycles. The summed E-state index contributed by atoms with van der Waals surface area (Å²) < 4.78 is 6.91. The number of hydrogen-bond donors (Lipinski definition) is 1. The molecule has 23 heavy (non-hydrogen) atoms. The number of rotatable bonds is 7. The molecule has 0 aliphatic carbocycles. The molecule has 0 unspecified atom stereocenters. The quantitative estimate of drug-likeness (QED) is 0.797. The molecule has 0 atom stereocenters.